The van der Waals surface area contributed by atoms with Crippen LogP contribution in [-0.4, -0.2) is 13.0 Å². The number of rotatable bonds is 5. The number of benzene rings is 1. The molecule has 3 rings (SSSR count). The quantitative estimate of drug-likeness (QED) is 0.219. The van der Waals surface area contributed by atoms with Crippen molar-refractivity contribution in [1.29, 1.82) is 5.41 Å². The van der Waals surface area contributed by atoms with Gasteiger partial charge in [-0.25, -0.2) is 12.1 Å². The Labute approximate surface area is 154 Å². The van der Waals surface area contributed by atoms with Crippen LogP contribution in [0.5, 0.6) is 5.75 Å². The van der Waals surface area contributed by atoms with E-state index in [1.165, 1.54) is 7.11 Å². The zero-order valence-electron chi connectivity index (χ0n) is 13.1. The van der Waals surface area contributed by atoms with Gasteiger partial charge in [0, 0.05) is 35.5 Å². The third kappa shape index (κ3) is 7.12. The normalized spacial score (nSPS) is 10.5. The second-order valence-electron chi connectivity index (χ2n) is 4.37. The molecule has 0 bridgehead atoms. The molecule has 1 N–H and O–H groups in total. The molecule has 0 aliphatic heterocycles. The molecule has 24 heavy (non-hydrogen) atoms. The molecule has 0 heterocycles. The van der Waals surface area contributed by atoms with E-state index >= 15 is 0 Å². The SMILES string of the molecule is COP(OC(=N)c1ccccc1)O[c-]1cccc1.[Fe].[cH-]1[cH-][cH-][cH-][cH-]1. The molecular weight excluding hydrogens is 365 g/mol. The summed E-state index contributed by atoms with van der Waals surface area (Å²) in [4.78, 5) is 0. The van der Waals surface area contributed by atoms with Crippen molar-refractivity contribution in [2.24, 2.45) is 0 Å². The first kappa shape index (κ1) is 20.1. The molecule has 132 valence electrons. The fourth-order valence-electron chi connectivity index (χ4n) is 1.63. The van der Waals surface area contributed by atoms with Crippen molar-refractivity contribution < 1.29 is 30.6 Å². The van der Waals surface area contributed by atoms with Crippen LogP contribution >= 0.6 is 8.60 Å². The number of hydrogen-bond acceptors (Lipinski definition) is 4. The van der Waals surface area contributed by atoms with Gasteiger partial charge in [-0.15, -0.1) is 12.1 Å². The van der Waals surface area contributed by atoms with E-state index in [0.29, 0.717) is 11.3 Å². The second kappa shape index (κ2) is 11.6. The largest absolute Gasteiger partial charge is 0.748 e. The molecule has 0 aliphatic carbocycles. The smallest absolute Gasteiger partial charge is 0.451 e. The Kier molecular flexibility index (Phi) is 9.74. The van der Waals surface area contributed by atoms with Crippen LogP contribution in [0.4, 0.5) is 0 Å². The van der Waals surface area contributed by atoms with Gasteiger partial charge in [0.15, 0.2) is 0 Å². The standard InChI is InChI=1S/C13H13NO3P.C5H5.Fe/c1-15-18(16-12-9-5-6-10-12)17-13(14)11-7-3-2-4-8-11;1-2-4-5-3-1;/h2-10,14H,1H3;1-5H;/q-1;-5;. The predicted molar refractivity (Wildman–Crippen MR) is 93.0 cm³/mol. The maximum absolute atomic E-state index is 7.83. The molecular formula is C18H18FeNO3P-6. The minimum absolute atomic E-state index is 0. The van der Waals surface area contributed by atoms with Gasteiger partial charge in [0.1, 0.15) is 0 Å². The van der Waals surface area contributed by atoms with Crippen LogP contribution in [0.25, 0.3) is 0 Å². The summed E-state index contributed by atoms with van der Waals surface area (Å²) >= 11 is 0. The van der Waals surface area contributed by atoms with E-state index in [1.54, 1.807) is 12.1 Å². The molecule has 0 aromatic heterocycles. The average Bonchev–Trinajstić information content (AvgIpc) is 3.31. The van der Waals surface area contributed by atoms with Gasteiger partial charge in [0.25, 0.3) is 0 Å². The Morgan fingerprint density at radius 3 is 2.00 bits per heavy atom. The van der Waals surface area contributed by atoms with Crippen molar-refractivity contribution in [3.8, 4) is 5.75 Å². The summed E-state index contributed by atoms with van der Waals surface area (Å²) in [6.07, 6.45) is 0. The molecule has 0 saturated heterocycles. The van der Waals surface area contributed by atoms with Crippen LogP contribution in [0.2, 0.25) is 0 Å². The summed E-state index contributed by atoms with van der Waals surface area (Å²) < 4.78 is 15.9. The summed E-state index contributed by atoms with van der Waals surface area (Å²) in [7, 11) is -0.104. The first-order chi connectivity index (χ1) is 11.3. The summed E-state index contributed by atoms with van der Waals surface area (Å²) in [5.74, 6) is 0.707. The van der Waals surface area contributed by atoms with Crippen LogP contribution in [-0.2, 0) is 26.1 Å². The first-order valence-electron chi connectivity index (χ1n) is 7.02. The van der Waals surface area contributed by atoms with Gasteiger partial charge < -0.3 is 39.4 Å². The van der Waals surface area contributed by atoms with Crippen molar-refractivity contribution in [3.05, 3.63) is 90.5 Å². The van der Waals surface area contributed by atoms with Crippen molar-refractivity contribution in [2.75, 3.05) is 7.11 Å². The number of nitrogens with one attached hydrogen (secondary N) is 1. The van der Waals surface area contributed by atoms with E-state index < -0.39 is 8.60 Å². The van der Waals surface area contributed by atoms with Gasteiger partial charge >= 0.3 is 8.60 Å². The van der Waals surface area contributed by atoms with Gasteiger partial charge in [0.05, 0.1) is 0 Å². The van der Waals surface area contributed by atoms with Crippen molar-refractivity contribution in [2.45, 2.75) is 0 Å². The minimum atomic E-state index is -1.60. The molecule has 0 aliphatic rings. The third-order valence-corrected chi connectivity index (χ3v) is 3.71. The van der Waals surface area contributed by atoms with E-state index in [2.05, 4.69) is 0 Å². The molecule has 0 amide bonds. The van der Waals surface area contributed by atoms with Crippen molar-refractivity contribution >= 4 is 14.5 Å². The molecule has 1 unspecified atom stereocenters. The Morgan fingerprint density at radius 2 is 1.50 bits per heavy atom. The van der Waals surface area contributed by atoms with E-state index in [-0.39, 0.29) is 23.0 Å². The zero-order chi connectivity index (χ0) is 16.3. The molecule has 6 heteroatoms. The summed E-state index contributed by atoms with van der Waals surface area (Å²) in [5.41, 5.74) is 0.688. The fraction of sp³-hybridized carbons (Fsp3) is 0.0556. The van der Waals surface area contributed by atoms with E-state index in [4.69, 9.17) is 19.0 Å². The Balaban J connectivity index is 0.000000412. The predicted octanol–water partition coefficient (Wildman–Crippen LogP) is 5.10. The molecule has 0 radical (unpaired) electrons. The second-order valence-corrected chi connectivity index (χ2v) is 5.54. The zero-order valence-corrected chi connectivity index (χ0v) is 15.1. The average molecular weight is 383 g/mol. The molecule has 0 saturated carbocycles. The van der Waals surface area contributed by atoms with Crippen LogP contribution in [0, 0.1) is 5.41 Å². The summed E-state index contributed by atoms with van der Waals surface area (Å²) in [5, 5.41) is 7.83. The minimum Gasteiger partial charge on any atom is -0.748 e. The van der Waals surface area contributed by atoms with Crippen LogP contribution in [0.3, 0.4) is 0 Å². The molecule has 3 aromatic carbocycles. The Morgan fingerprint density at radius 1 is 0.958 bits per heavy atom. The molecule has 0 spiro atoms. The van der Waals surface area contributed by atoms with E-state index in [0.717, 1.165) is 0 Å². The third-order valence-electron chi connectivity index (χ3n) is 2.72. The van der Waals surface area contributed by atoms with E-state index in [1.807, 2.05) is 72.8 Å². The van der Waals surface area contributed by atoms with Gasteiger partial charge in [-0.1, -0.05) is 18.2 Å². The van der Waals surface area contributed by atoms with Gasteiger partial charge in [-0.05, 0) is 12.1 Å². The maximum atomic E-state index is 7.83. The Bertz CT molecular complexity index is 640. The molecule has 1 atom stereocenters. The van der Waals surface area contributed by atoms with Crippen molar-refractivity contribution in [1.82, 2.24) is 0 Å². The Hall–Kier alpha value is -1.90. The van der Waals surface area contributed by atoms with Crippen molar-refractivity contribution in [3.63, 3.8) is 0 Å². The summed E-state index contributed by atoms with van der Waals surface area (Å²) in [6, 6.07) is 26.5. The van der Waals surface area contributed by atoms with Crippen LogP contribution < -0.4 is 4.52 Å². The number of hydrogen-bond donors (Lipinski definition) is 1. The monoisotopic (exact) mass is 383 g/mol. The maximum Gasteiger partial charge on any atom is 0.451 e. The van der Waals surface area contributed by atoms with Crippen LogP contribution in [0.15, 0.2) is 84.9 Å². The summed E-state index contributed by atoms with van der Waals surface area (Å²) in [6.45, 7) is 0. The topological polar surface area (TPSA) is 51.5 Å². The fourth-order valence-corrected chi connectivity index (χ4v) is 2.37. The molecule has 3 aromatic rings. The van der Waals surface area contributed by atoms with E-state index in [9.17, 15) is 0 Å². The molecule has 4 nitrogen and oxygen atoms in total. The first-order valence-corrected chi connectivity index (χ1v) is 8.11. The van der Waals surface area contributed by atoms with Gasteiger partial charge in [-0.2, -0.15) is 0 Å². The van der Waals surface area contributed by atoms with Crippen LogP contribution in [0.1, 0.15) is 5.56 Å². The molecule has 0 fully saturated rings. The van der Waals surface area contributed by atoms with Gasteiger partial charge in [0.2, 0.25) is 5.90 Å². The van der Waals surface area contributed by atoms with Gasteiger partial charge in [-0.3, -0.25) is 9.93 Å².